The van der Waals surface area contributed by atoms with Crippen molar-refractivity contribution in [3.8, 4) is 0 Å². The second-order valence-electron chi connectivity index (χ2n) is 3.41. The van der Waals surface area contributed by atoms with Crippen LogP contribution < -0.4 is 11.5 Å². The van der Waals surface area contributed by atoms with E-state index in [1.807, 2.05) is 24.3 Å². The van der Waals surface area contributed by atoms with Crippen LogP contribution in [0, 0.1) is 0 Å². The first kappa shape index (κ1) is 11.7. The van der Waals surface area contributed by atoms with E-state index in [9.17, 15) is 4.79 Å². The fourth-order valence-corrected chi connectivity index (χ4v) is 1.51. The predicted molar refractivity (Wildman–Crippen MR) is 57.9 cm³/mol. The standard InChI is InChI=1S/C11H16N2O2/c1-15-7-8-4-2-3-5-9(8)10(12)6-11(13)14/h2-5,10H,6-7,12H2,1H3,(H2,13,14)/t10-/m0/s1. The van der Waals surface area contributed by atoms with E-state index in [1.165, 1.54) is 0 Å². The summed E-state index contributed by atoms with van der Waals surface area (Å²) in [6.45, 7) is 0.489. The van der Waals surface area contributed by atoms with Crippen molar-refractivity contribution < 1.29 is 9.53 Å². The number of ether oxygens (including phenoxy) is 1. The fraction of sp³-hybridized carbons (Fsp3) is 0.364. The molecule has 0 aromatic heterocycles. The van der Waals surface area contributed by atoms with E-state index in [-0.39, 0.29) is 12.5 Å². The van der Waals surface area contributed by atoms with Gasteiger partial charge in [0.25, 0.3) is 0 Å². The van der Waals surface area contributed by atoms with Gasteiger partial charge in [0.05, 0.1) is 6.61 Å². The van der Waals surface area contributed by atoms with Crippen molar-refractivity contribution in [2.75, 3.05) is 7.11 Å². The molecule has 0 radical (unpaired) electrons. The molecule has 0 heterocycles. The van der Waals surface area contributed by atoms with Gasteiger partial charge in [-0.25, -0.2) is 0 Å². The van der Waals surface area contributed by atoms with Gasteiger partial charge in [-0.05, 0) is 11.1 Å². The van der Waals surface area contributed by atoms with Crippen molar-refractivity contribution in [2.24, 2.45) is 11.5 Å². The maximum absolute atomic E-state index is 10.8. The summed E-state index contributed by atoms with van der Waals surface area (Å²) in [5, 5.41) is 0. The van der Waals surface area contributed by atoms with Crippen molar-refractivity contribution in [3.63, 3.8) is 0 Å². The van der Waals surface area contributed by atoms with Crippen LogP contribution in [0.4, 0.5) is 0 Å². The molecule has 1 atom stereocenters. The number of benzene rings is 1. The zero-order valence-corrected chi connectivity index (χ0v) is 8.77. The van der Waals surface area contributed by atoms with Gasteiger partial charge < -0.3 is 16.2 Å². The van der Waals surface area contributed by atoms with E-state index in [0.29, 0.717) is 6.61 Å². The molecule has 0 spiro atoms. The predicted octanol–water partition coefficient (Wildman–Crippen LogP) is 0.708. The summed E-state index contributed by atoms with van der Waals surface area (Å²) in [5.41, 5.74) is 12.9. The summed E-state index contributed by atoms with van der Waals surface area (Å²) in [5.74, 6) is -0.394. The molecule has 0 aliphatic rings. The van der Waals surface area contributed by atoms with Crippen LogP contribution in [0.2, 0.25) is 0 Å². The lowest BCUT2D eigenvalue weighted by atomic mass is 9.99. The maximum atomic E-state index is 10.8. The van der Waals surface area contributed by atoms with Gasteiger partial charge in [-0.3, -0.25) is 4.79 Å². The highest BCUT2D eigenvalue weighted by Crippen LogP contribution is 2.19. The third kappa shape index (κ3) is 3.34. The van der Waals surface area contributed by atoms with Crippen molar-refractivity contribution in [1.29, 1.82) is 0 Å². The monoisotopic (exact) mass is 208 g/mol. The number of hydrogen-bond donors (Lipinski definition) is 2. The molecule has 0 aliphatic heterocycles. The average Bonchev–Trinajstić information content (AvgIpc) is 2.18. The third-order valence-electron chi connectivity index (χ3n) is 2.18. The lowest BCUT2D eigenvalue weighted by Gasteiger charge is -2.14. The largest absolute Gasteiger partial charge is 0.380 e. The Hall–Kier alpha value is -1.39. The zero-order valence-electron chi connectivity index (χ0n) is 8.77. The van der Waals surface area contributed by atoms with Crippen LogP contribution in [-0.2, 0) is 16.1 Å². The van der Waals surface area contributed by atoms with Crippen LogP contribution in [-0.4, -0.2) is 13.0 Å². The molecule has 82 valence electrons. The van der Waals surface area contributed by atoms with Crippen LogP contribution in [0.25, 0.3) is 0 Å². The quantitative estimate of drug-likeness (QED) is 0.748. The number of hydrogen-bond acceptors (Lipinski definition) is 3. The summed E-state index contributed by atoms with van der Waals surface area (Å²) in [4.78, 5) is 10.8. The van der Waals surface area contributed by atoms with E-state index in [4.69, 9.17) is 16.2 Å². The SMILES string of the molecule is COCc1ccccc1[C@@H](N)CC(N)=O. The summed E-state index contributed by atoms with van der Waals surface area (Å²) in [7, 11) is 1.62. The van der Waals surface area contributed by atoms with E-state index in [1.54, 1.807) is 7.11 Å². The molecule has 0 bridgehead atoms. The first-order chi connectivity index (χ1) is 7.15. The Morgan fingerprint density at radius 2 is 2.13 bits per heavy atom. The molecule has 4 N–H and O–H groups in total. The van der Waals surface area contributed by atoms with Crippen molar-refractivity contribution >= 4 is 5.91 Å². The zero-order chi connectivity index (χ0) is 11.3. The van der Waals surface area contributed by atoms with Crippen molar-refractivity contribution in [3.05, 3.63) is 35.4 Å². The molecule has 4 nitrogen and oxygen atoms in total. The normalized spacial score (nSPS) is 12.4. The first-order valence-corrected chi connectivity index (χ1v) is 4.75. The minimum atomic E-state index is -0.394. The molecule has 1 rings (SSSR count). The number of primary amides is 1. The minimum absolute atomic E-state index is 0.153. The number of nitrogens with two attached hydrogens (primary N) is 2. The number of amides is 1. The summed E-state index contributed by atoms with van der Waals surface area (Å²) in [6.07, 6.45) is 0.153. The lowest BCUT2D eigenvalue weighted by molar-refractivity contribution is -0.118. The van der Waals surface area contributed by atoms with Crippen LogP contribution in [0.1, 0.15) is 23.6 Å². The topological polar surface area (TPSA) is 78.3 Å². The van der Waals surface area contributed by atoms with Crippen LogP contribution in [0.15, 0.2) is 24.3 Å². The van der Waals surface area contributed by atoms with E-state index >= 15 is 0 Å². The average molecular weight is 208 g/mol. The highest BCUT2D eigenvalue weighted by molar-refractivity contribution is 5.74. The van der Waals surface area contributed by atoms with Gasteiger partial charge in [0, 0.05) is 19.6 Å². The number of carbonyl (C=O) groups excluding carboxylic acids is 1. The molecule has 0 saturated heterocycles. The molecular formula is C11H16N2O2. The minimum Gasteiger partial charge on any atom is -0.380 e. The van der Waals surface area contributed by atoms with Crippen LogP contribution in [0.3, 0.4) is 0 Å². The lowest BCUT2D eigenvalue weighted by Crippen LogP contribution is -2.21. The fourth-order valence-electron chi connectivity index (χ4n) is 1.51. The van der Waals surface area contributed by atoms with Crippen LogP contribution in [0.5, 0.6) is 0 Å². The molecule has 0 fully saturated rings. The van der Waals surface area contributed by atoms with Gasteiger partial charge in [-0.15, -0.1) is 0 Å². The van der Waals surface area contributed by atoms with Gasteiger partial charge in [-0.1, -0.05) is 24.3 Å². The third-order valence-corrected chi connectivity index (χ3v) is 2.18. The Balaban J connectivity index is 2.86. The Labute approximate surface area is 89.2 Å². The molecule has 0 saturated carbocycles. The van der Waals surface area contributed by atoms with E-state index < -0.39 is 5.91 Å². The van der Waals surface area contributed by atoms with Gasteiger partial charge >= 0.3 is 0 Å². The van der Waals surface area contributed by atoms with Gasteiger partial charge in [0.2, 0.25) is 5.91 Å². The molecule has 1 aromatic rings. The maximum Gasteiger partial charge on any atom is 0.219 e. The van der Waals surface area contributed by atoms with Gasteiger partial charge in [-0.2, -0.15) is 0 Å². The Bertz CT molecular complexity index is 339. The molecular weight excluding hydrogens is 192 g/mol. The Morgan fingerprint density at radius 1 is 1.47 bits per heavy atom. The highest BCUT2D eigenvalue weighted by Gasteiger charge is 2.12. The molecule has 0 aliphatic carbocycles. The summed E-state index contributed by atoms with van der Waals surface area (Å²) in [6, 6.07) is 7.26. The second-order valence-corrected chi connectivity index (χ2v) is 3.41. The summed E-state index contributed by atoms with van der Waals surface area (Å²) >= 11 is 0. The molecule has 1 amide bonds. The smallest absolute Gasteiger partial charge is 0.219 e. The Morgan fingerprint density at radius 3 is 2.73 bits per heavy atom. The molecule has 0 unspecified atom stereocenters. The van der Waals surface area contributed by atoms with E-state index in [0.717, 1.165) is 11.1 Å². The Kier molecular flexibility index (Phi) is 4.27. The summed E-state index contributed by atoms with van der Waals surface area (Å²) < 4.78 is 5.05. The molecule has 4 heteroatoms. The van der Waals surface area contributed by atoms with Crippen LogP contribution >= 0.6 is 0 Å². The van der Waals surface area contributed by atoms with Crippen molar-refractivity contribution in [2.45, 2.75) is 19.1 Å². The second kappa shape index (κ2) is 5.48. The number of rotatable bonds is 5. The van der Waals surface area contributed by atoms with Gasteiger partial charge in [0.1, 0.15) is 0 Å². The molecule has 1 aromatic carbocycles. The highest BCUT2D eigenvalue weighted by atomic mass is 16.5. The van der Waals surface area contributed by atoms with E-state index in [2.05, 4.69) is 0 Å². The molecule has 15 heavy (non-hydrogen) atoms. The number of carbonyl (C=O) groups is 1. The van der Waals surface area contributed by atoms with Gasteiger partial charge in [0.15, 0.2) is 0 Å². The number of methoxy groups -OCH3 is 1. The first-order valence-electron chi connectivity index (χ1n) is 4.75. The van der Waals surface area contributed by atoms with Crippen molar-refractivity contribution in [1.82, 2.24) is 0 Å².